The lowest BCUT2D eigenvalue weighted by Gasteiger charge is -2.08. The molecule has 0 saturated carbocycles. The Morgan fingerprint density at radius 3 is 2.21 bits per heavy atom. The van der Waals surface area contributed by atoms with Crippen LogP contribution in [0.2, 0.25) is 0 Å². The summed E-state index contributed by atoms with van der Waals surface area (Å²) in [5.41, 5.74) is 1.29. The first-order chi connectivity index (χ1) is 6.18. The highest BCUT2D eigenvalue weighted by Gasteiger charge is 1.94. The minimum atomic E-state index is 0. The van der Waals surface area contributed by atoms with Crippen LogP contribution in [-0.4, -0.2) is 30.6 Å². The van der Waals surface area contributed by atoms with E-state index in [4.69, 9.17) is 5.11 Å². The first kappa shape index (κ1) is 13.5. The van der Waals surface area contributed by atoms with Crippen molar-refractivity contribution in [1.29, 1.82) is 0 Å². The van der Waals surface area contributed by atoms with Gasteiger partial charge in [0, 0.05) is 0 Å². The van der Waals surface area contributed by atoms with Gasteiger partial charge in [0.05, 0.1) is 0 Å². The molecule has 0 aliphatic heterocycles. The molecule has 1 N–H and O–H groups in total. The highest BCUT2D eigenvalue weighted by molar-refractivity contribution is 8.93. The van der Waals surface area contributed by atoms with E-state index in [0.717, 1.165) is 19.4 Å². The average Bonchev–Trinajstić information content (AvgIpc) is 2.08. The van der Waals surface area contributed by atoms with E-state index in [2.05, 4.69) is 19.0 Å². The number of rotatable bonds is 4. The number of phenolic OH excluding ortho intramolecular Hbond substituents is 1. The lowest BCUT2D eigenvalue weighted by atomic mass is 10.1. The number of halogens is 1. The second-order valence-corrected chi connectivity index (χ2v) is 3.57. The molecule has 3 heteroatoms. The van der Waals surface area contributed by atoms with Gasteiger partial charge in [-0.25, -0.2) is 0 Å². The number of hydrogen-bond acceptors (Lipinski definition) is 2. The fourth-order valence-corrected chi connectivity index (χ4v) is 1.26. The van der Waals surface area contributed by atoms with Crippen LogP contribution in [0.1, 0.15) is 12.0 Å². The summed E-state index contributed by atoms with van der Waals surface area (Å²) < 4.78 is 0. The van der Waals surface area contributed by atoms with Gasteiger partial charge < -0.3 is 10.0 Å². The van der Waals surface area contributed by atoms with Gasteiger partial charge in [-0.1, -0.05) is 12.1 Å². The van der Waals surface area contributed by atoms with Crippen LogP contribution in [0.4, 0.5) is 0 Å². The first-order valence-corrected chi connectivity index (χ1v) is 4.61. The van der Waals surface area contributed by atoms with Gasteiger partial charge in [0.25, 0.3) is 0 Å². The highest BCUT2D eigenvalue weighted by atomic mass is 79.9. The quantitative estimate of drug-likeness (QED) is 0.898. The number of benzene rings is 1. The van der Waals surface area contributed by atoms with E-state index in [0.29, 0.717) is 5.75 Å². The molecular weight excluding hydrogens is 242 g/mol. The Balaban J connectivity index is 0.00000169. The predicted molar refractivity (Wildman–Crippen MR) is 65.3 cm³/mol. The van der Waals surface area contributed by atoms with Crippen LogP contribution in [-0.2, 0) is 6.42 Å². The van der Waals surface area contributed by atoms with Gasteiger partial charge in [-0.15, -0.1) is 17.0 Å². The molecule has 0 saturated heterocycles. The van der Waals surface area contributed by atoms with Crippen LogP contribution in [0, 0.1) is 0 Å². The van der Waals surface area contributed by atoms with Gasteiger partial charge in [0.2, 0.25) is 0 Å². The van der Waals surface area contributed by atoms with Crippen molar-refractivity contribution in [3.05, 3.63) is 29.8 Å². The van der Waals surface area contributed by atoms with Crippen molar-refractivity contribution in [2.24, 2.45) is 0 Å². The van der Waals surface area contributed by atoms with E-state index >= 15 is 0 Å². The van der Waals surface area contributed by atoms with Crippen molar-refractivity contribution in [3.8, 4) is 5.75 Å². The molecule has 0 aliphatic rings. The lowest BCUT2D eigenvalue weighted by molar-refractivity contribution is 0.400. The summed E-state index contributed by atoms with van der Waals surface area (Å²) in [5.74, 6) is 0.344. The van der Waals surface area contributed by atoms with Crippen LogP contribution in [0.3, 0.4) is 0 Å². The molecule has 1 aromatic rings. The number of phenols is 1. The van der Waals surface area contributed by atoms with Crippen LogP contribution < -0.4 is 0 Å². The molecule has 2 nitrogen and oxygen atoms in total. The van der Waals surface area contributed by atoms with Crippen LogP contribution >= 0.6 is 17.0 Å². The smallest absolute Gasteiger partial charge is 0.115 e. The number of nitrogens with zero attached hydrogens (tertiary/aromatic N) is 1. The van der Waals surface area contributed by atoms with Gasteiger partial charge in [-0.2, -0.15) is 0 Å². The zero-order valence-corrected chi connectivity index (χ0v) is 10.4. The van der Waals surface area contributed by atoms with Crippen molar-refractivity contribution < 1.29 is 5.11 Å². The van der Waals surface area contributed by atoms with Crippen molar-refractivity contribution in [2.45, 2.75) is 12.8 Å². The molecule has 0 aliphatic carbocycles. The Labute approximate surface area is 96.3 Å². The Kier molecular flexibility index (Phi) is 6.58. The zero-order chi connectivity index (χ0) is 9.68. The third-order valence-electron chi connectivity index (χ3n) is 2.01. The van der Waals surface area contributed by atoms with E-state index in [9.17, 15) is 0 Å². The lowest BCUT2D eigenvalue weighted by Crippen LogP contribution is -2.13. The van der Waals surface area contributed by atoms with E-state index in [-0.39, 0.29) is 17.0 Å². The fraction of sp³-hybridized carbons (Fsp3) is 0.455. The SMILES string of the molecule is Br.CN(C)CCCc1ccc(O)cc1. The van der Waals surface area contributed by atoms with Crippen LogP contribution in [0.5, 0.6) is 5.75 Å². The largest absolute Gasteiger partial charge is 0.508 e. The topological polar surface area (TPSA) is 23.5 Å². The van der Waals surface area contributed by atoms with E-state index in [1.165, 1.54) is 5.56 Å². The second-order valence-electron chi connectivity index (χ2n) is 3.57. The minimum Gasteiger partial charge on any atom is -0.508 e. The Hall–Kier alpha value is -0.540. The summed E-state index contributed by atoms with van der Waals surface area (Å²) in [4.78, 5) is 2.18. The van der Waals surface area contributed by atoms with Gasteiger partial charge in [-0.3, -0.25) is 0 Å². The minimum absolute atomic E-state index is 0. The van der Waals surface area contributed by atoms with Crippen molar-refractivity contribution in [2.75, 3.05) is 20.6 Å². The molecule has 0 unspecified atom stereocenters. The van der Waals surface area contributed by atoms with Gasteiger partial charge in [0.15, 0.2) is 0 Å². The van der Waals surface area contributed by atoms with Crippen LogP contribution in [0.25, 0.3) is 0 Å². The normalized spacial score (nSPS) is 9.93. The molecule has 0 heterocycles. The molecule has 0 bridgehead atoms. The van der Waals surface area contributed by atoms with Gasteiger partial charge in [0.1, 0.15) is 5.75 Å². The number of aryl methyl sites for hydroxylation is 1. The Morgan fingerprint density at radius 1 is 1.14 bits per heavy atom. The van der Waals surface area contributed by atoms with Gasteiger partial charge in [-0.05, 0) is 51.2 Å². The van der Waals surface area contributed by atoms with Crippen molar-refractivity contribution in [3.63, 3.8) is 0 Å². The summed E-state index contributed by atoms with van der Waals surface area (Å²) in [6.07, 6.45) is 2.25. The number of aromatic hydroxyl groups is 1. The molecule has 0 atom stereocenters. The van der Waals surface area contributed by atoms with Gasteiger partial charge >= 0.3 is 0 Å². The summed E-state index contributed by atoms with van der Waals surface area (Å²) in [7, 11) is 4.16. The highest BCUT2D eigenvalue weighted by Crippen LogP contribution is 2.10. The Bertz CT molecular complexity index is 246. The van der Waals surface area contributed by atoms with E-state index < -0.39 is 0 Å². The van der Waals surface area contributed by atoms with E-state index in [1.807, 2.05) is 12.1 Å². The zero-order valence-electron chi connectivity index (χ0n) is 8.73. The summed E-state index contributed by atoms with van der Waals surface area (Å²) >= 11 is 0. The maximum Gasteiger partial charge on any atom is 0.115 e. The number of hydrogen-bond donors (Lipinski definition) is 1. The molecule has 1 aromatic carbocycles. The summed E-state index contributed by atoms with van der Waals surface area (Å²) in [5, 5.41) is 9.06. The molecule has 0 amide bonds. The van der Waals surface area contributed by atoms with Crippen LogP contribution in [0.15, 0.2) is 24.3 Å². The molecule has 0 aromatic heterocycles. The fourth-order valence-electron chi connectivity index (χ4n) is 1.26. The Morgan fingerprint density at radius 2 is 1.71 bits per heavy atom. The molecule has 0 fully saturated rings. The molecule has 14 heavy (non-hydrogen) atoms. The second kappa shape index (κ2) is 6.85. The maximum absolute atomic E-state index is 9.06. The molecule has 80 valence electrons. The monoisotopic (exact) mass is 259 g/mol. The summed E-state index contributed by atoms with van der Waals surface area (Å²) in [6, 6.07) is 7.44. The van der Waals surface area contributed by atoms with E-state index in [1.54, 1.807) is 12.1 Å². The maximum atomic E-state index is 9.06. The van der Waals surface area contributed by atoms with Crippen molar-refractivity contribution in [1.82, 2.24) is 4.90 Å². The first-order valence-electron chi connectivity index (χ1n) is 4.61. The third kappa shape index (κ3) is 5.25. The molecular formula is C11H18BrNO. The average molecular weight is 260 g/mol. The molecule has 0 radical (unpaired) electrons. The third-order valence-corrected chi connectivity index (χ3v) is 2.01. The predicted octanol–water partition coefficient (Wildman–Crippen LogP) is 2.46. The summed E-state index contributed by atoms with van der Waals surface area (Å²) in [6.45, 7) is 1.11. The van der Waals surface area contributed by atoms with Crippen molar-refractivity contribution >= 4 is 17.0 Å². The molecule has 1 rings (SSSR count). The molecule has 0 spiro atoms. The standard InChI is InChI=1S/C11H17NO.BrH/c1-12(2)9-3-4-10-5-7-11(13)8-6-10;/h5-8,13H,3-4,9H2,1-2H3;1H.